The molecule has 2 heterocycles. The Morgan fingerprint density at radius 3 is 3.00 bits per heavy atom. The van der Waals surface area contributed by atoms with Crippen LogP contribution in [0.25, 0.3) is 0 Å². The zero-order valence-corrected chi connectivity index (χ0v) is 12.7. The molecule has 1 atom stereocenters. The van der Waals surface area contributed by atoms with Crippen LogP contribution in [0.1, 0.15) is 18.2 Å². The number of thiophene rings is 1. The molecule has 18 heavy (non-hydrogen) atoms. The van der Waals surface area contributed by atoms with Gasteiger partial charge in [0, 0.05) is 37.0 Å². The lowest BCUT2D eigenvalue weighted by atomic mass is 10.1. The minimum atomic E-state index is 0. The lowest BCUT2D eigenvalue weighted by Crippen LogP contribution is -2.52. The third-order valence-electron chi connectivity index (χ3n) is 3.04. The molecule has 0 radical (unpaired) electrons. The van der Waals surface area contributed by atoms with Gasteiger partial charge in [-0.2, -0.15) is 0 Å². The average Bonchev–Trinajstić information content (AvgIpc) is 2.73. The summed E-state index contributed by atoms with van der Waals surface area (Å²) in [4.78, 5) is 15.2. The van der Waals surface area contributed by atoms with E-state index in [4.69, 9.17) is 11.6 Å². The molecule has 1 amide bonds. The summed E-state index contributed by atoms with van der Waals surface area (Å²) in [6, 6.07) is 4.20. The molecule has 1 fully saturated rings. The number of halogens is 2. The van der Waals surface area contributed by atoms with Crippen molar-refractivity contribution in [2.45, 2.75) is 25.8 Å². The minimum absolute atomic E-state index is 0. The van der Waals surface area contributed by atoms with Crippen LogP contribution in [0, 0.1) is 0 Å². The maximum Gasteiger partial charge on any atom is 0.223 e. The molecule has 6 heteroatoms. The molecule has 102 valence electrons. The fraction of sp³-hybridized carbons (Fsp3) is 0.583. The van der Waals surface area contributed by atoms with E-state index in [0.717, 1.165) is 30.4 Å². The van der Waals surface area contributed by atoms with Crippen LogP contribution in [0.4, 0.5) is 0 Å². The van der Waals surface area contributed by atoms with Gasteiger partial charge in [-0.15, -0.1) is 23.7 Å². The normalized spacial score (nSPS) is 19.4. The van der Waals surface area contributed by atoms with Crippen LogP contribution < -0.4 is 5.32 Å². The summed E-state index contributed by atoms with van der Waals surface area (Å²) in [7, 11) is 0. The zero-order chi connectivity index (χ0) is 12.3. The summed E-state index contributed by atoms with van der Waals surface area (Å²) >= 11 is 7.42. The number of amides is 1. The van der Waals surface area contributed by atoms with Gasteiger partial charge < -0.3 is 10.2 Å². The van der Waals surface area contributed by atoms with Crippen LogP contribution in [0.5, 0.6) is 0 Å². The molecule has 0 saturated carbocycles. The second kappa shape index (κ2) is 7.34. The minimum Gasteiger partial charge on any atom is -0.337 e. The van der Waals surface area contributed by atoms with Crippen molar-refractivity contribution in [3.63, 3.8) is 0 Å². The second-order valence-electron chi connectivity index (χ2n) is 4.35. The molecule has 0 unspecified atom stereocenters. The predicted octanol–water partition coefficient (Wildman–Crippen LogP) is 2.58. The first-order chi connectivity index (χ1) is 8.16. The Hall–Kier alpha value is -0.290. The van der Waals surface area contributed by atoms with Gasteiger partial charge in [-0.05, 0) is 25.5 Å². The first-order valence-electron chi connectivity index (χ1n) is 5.91. The SMILES string of the molecule is C[C@@H]1CNCCN1C(=O)CCc1ccc(Cl)s1.Cl. The summed E-state index contributed by atoms with van der Waals surface area (Å²) in [6.45, 7) is 4.72. The van der Waals surface area contributed by atoms with Crippen molar-refractivity contribution in [1.82, 2.24) is 10.2 Å². The largest absolute Gasteiger partial charge is 0.337 e. The van der Waals surface area contributed by atoms with Crippen LogP contribution in [-0.4, -0.2) is 36.5 Å². The number of hydrogen-bond donors (Lipinski definition) is 1. The van der Waals surface area contributed by atoms with E-state index in [1.165, 1.54) is 4.88 Å². The number of carbonyl (C=O) groups is 1. The molecule has 1 aromatic heterocycles. The van der Waals surface area contributed by atoms with Crippen LogP contribution in [-0.2, 0) is 11.2 Å². The fourth-order valence-electron chi connectivity index (χ4n) is 2.07. The van der Waals surface area contributed by atoms with Gasteiger partial charge in [0.2, 0.25) is 5.91 Å². The molecule has 3 nitrogen and oxygen atoms in total. The molecule has 2 rings (SSSR count). The highest BCUT2D eigenvalue weighted by molar-refractivity contribution is 7.16. The van der Waals surface area contributed by atoms with Gasteiger partial charge in [-0.3, -0.25) is 4.79 Å². The van der Waals surface area contributed by atoms with Gasteiger partial charge in [0.25, 0.3) is 0 Å². The van der Waals surface area contributed by atoms with E-state index in [-0.39, 0.29) is 18.3 Å². The van der Waals surface area contributed by atoms with Gasteiger partial charge in [0.05, 0.1) is 4.34 Å². The second-order valence-corrected chi connectivity index (χ2v) is 6.15. The number of piperazine rings is 1. The summed E-state index contributed by atoms with van der Waals surface area (Å²) in [5.41, 5.74) is 0. The molecule has 0 aromatic carbocycles. The first kappa shape index (κ1) is 15.8. The average molecular weight is 309 g/mol. The Labute approximate surface area is 123 Å². The lowest BCUT2D eigenvalue weighted by molar-refractivity contribution is -0.133. The van der Waals surface area contributed by atoms with E-state index in [1.54, 1.807) is 11.3 Å². The van der Waals surface area contributed by atoms with Crippen LogP contribution >= 0.6 is 35.3 Å². The fourth-order valence-corrected chi connectivity index (χ4v) is 3.16. The number of nitrogens with zero attached hydrogens (tertiary/aromatic N) is 1. The number of carbonyl (C=O) groups excluding carboxylic acids is 1. The Morgan fingerprint density at radius 1 is 1.61 bits per heavy atom. The van der Waals surface area contributed by atoms with Crippen LogP contribution in [0.2, 0.25) is 4.34 Å². The van der Waals surface area contributed by atoms with Gasteiger partial charge in [-0.25, -0.2) is 0 Å². The highest BCUT2D eigenvalue weighted by Gasteiger charge is 2.22. The van der Waals surface area contributed by atoms with Gasteiger partial charge >= 0.3 is 0 Å². The third-order valence-corrected chi connectivity index (χ3v) is 4.33. The molecular weight excluding hydrogens is 291 g/mol. The summed E-state index contributed by atoms with van der Waals surface area (Å²) < 4.78 is 0.794. The zero-order valence-electron chi connectivity index (χ0n) is 10.3. The Balaban J connectivity index is 0.00000162. The summed E-state index contributed by atoms with van der Waals surface area (Å²) in [6.07, 6.45) is 1.38. The van der Waals surface area contributed by atoms with Gasteiger partial charge in [0.15, 0.2) is 0 Å². The lowest BCUT2D eigenvalue weighted by Gasteiger charge is -2.34. The van der Waals surface area contributed by atoms with Crippen molar-refractivity contribution in [3.05, 3.63) is 21.3 Å². The number of aryl methyl sites for hydroxylation is 1. The van der Waals surface area contributed by atoms with E-state index in [1.807, 2.05) is 17.0 Å². The smallest absolute Gasteiger partial charge is 0.223 e. The molecule has 1 aliphatic heterocycles. The van der Waals surface area contributed by atoms with E-state index in [9.17, 15) is 4.79 Å². The van der Waals surface area contributed by atoms with Crippen LogP contribution in [0.15, 0.2) is 12.1 Å². The van der Waals surface area contributed by atoms with Gasteiger partial charge in [0.1, 0.15) is 0 Å². The van der Waals surface area contributed by atoms with E-state index in [2.05, 4.69) is 12.2 Å². The van der Waals surface area contributed by atoms with Crippen molar-refractivity contribution >= 4 is 41.3 Å². The van der Waals surface area contributed by atoms with Gasteiger partial charge in [-0.1, -0.05) is 11.6 Å². The monoisotopic (exact) mass is 308 g/mol. The first-order valence-corrected chi connectivity index (χ1v) is 7.10. The Bertz CT molecular complexity index is 397. The van der Waals surface area contributed by atoms with Crippen LogP contribution in [0.3, 0.4) is 0 Å². The number of nitrogens with one attached hydrogen (secondary N) is 1. The molecular formula is C12H18Cl2N2OS. The predicted molar refractivity (Wildman–Crippen MR) is 78.9 cm³/mol. The summed E-state index contributed by atoms with van der Waals surface area (Å²) in [5, 5.41) is 3.29. The highest BCUT2D eigenvalue weighted by Crippen LogP contribution is 2.22. The molecule has 1 saturated heterocycles. The number of rotatable bonds is 3. The topological polar surface area (TPSA) is 32.3 Å². The van der Waals surface area contributed by atoms with Crippen molar-refractivity contribution in [3.8, 4) is 0 Å². The number of hydrogen-bond acceptors (Lipinski definition) is 3. The van der Waals surface area contributed by atoms with E-state index in [0.29, 0.717) is 12.5 Å². The van der Waals surface area contributed by atoms with Crippen molar-refractivity contribution < 1.29 is 4.79 Å². The molecule has 0 bridgehead atoms. The standard InChI is InChI=1S/C12H17ClN2OS.ClH/c1-9-8-14-6-7-15(9)12(16)5-3-10-2-4-11(13)17-10;/h2,4,9,14H,3,5-8H2,1H3;1H/t9-;/m1./s1. The maximum atomic E-state index is 12.1. The molecule has 1 aliphatic rings. The molecule has 0 aliphatic carbocycles. The third kappa shape index (κ3) is 4.12. The van der Waals surface area contributed by atoms with Crippen molar-refractivity contribution in [2.75, 3.05) is 19.6 Å². The summed E-state index contributed by atoms with van der Waals surface area (Å²) in [5.74, 6) is 0.253. The van der Waals surface area contributed by atoms with E-state index >= 15 is 0 Å². The Morgan fingerprint density at radius 2 is 2.39 bits per heavy atom. The molecule has 1 aromatic rings. The van der Waals surface area contributed by atoms with Crippen molar-refractivity contribution in [2.24, 2.45) is 0 Å². The quantitative estimate of drug-likeness (QED) is 0.931. The molecule has 0 spiro atoms. The highest BCUT2D eigenvalue weighted by atomic mass is 35.5. The van der Waals surface area contributed by atoms with Crippen molar-refractivity contribution in [1.29, 1.82) is 0 Å². The maximum absolute atomic E-state index is 12.1. The molecule has 1 N–H and O–H groups in total. The van der Waals surface area contributed by atoms with E-state index < -0.39 is 0 Å². The Kier molecular flexibility index (Phi) is 6.43.